The molecule has 0 unspecified atom stereocenters. The normalized spacial score (nSPS) is 13.7. The number of carbonyl (C=O) groups excluding carboxylic acids is 2. The van der Waals surface area contributed by atoms with Crippen molar-refractivity contribution in [1.82, 2.24) is 10.2 Å². The Bertz CT molecular complexity index is 1240. The fourth-order valence-corrected chi connectivity index (χ4v) is 4.70. The van der Waals surface area contributed by atoms with Gasteiger partial charge in [-0.25, -0.2) is 0 Å². The van der Waals surface area contributed by atoms with Crippen molar-refractivity contribution in [2.75, 3.05) is 36.4 Å². The summed E-state index contributed by atoms with van der Waals surface area (Å²) in [6.07, 6.45) is 0.602. The summed E-state index contributed by atoms with van der Waals surface area (Å²) in [7, 11) is 0. The summed E-state index contributed by atoms with van der Waals surface area (Å²) >= 11 is 11.6. The topological polar surface area (TPSA) is 64.7 Å². The van der Waals surface area contributed by atoms with Crippen LogP contribution in [0.25, 0.3) is 10.8 Å². The third-order valence-electron chi connectivity index (χ3n) is 6.05. The SMILES string of the molecule is CC(C)CC(=O)N1CCN(c2ccc(NC(=S)NC(=O)c3cccc4c(Cl)cccc34)cc2)CC1. The predicted octanol–water partition coefficient (Wildman–Crippen LogP) is 5.31. The van der Waals surface area contributed by atoms with Crippen LogP contribution < -0.4 is 15.5 Å². The number of amides is 2. The lowest BCUT2D eigenvalue weighted by Gasteiger charge is -2.36. The Morgan fingerprint density at radius 2 is 1.60 bits per heavy atom. The summed E-state index contributed by atoms with van der Waals surface area (Å²) in [5.74, 6) is 0.320. The van der Waals surface area contributed by atoms with Gasteiger partial charge in [0.1, 0.15) is 0 Å². The molecule has 182 valence electrons. The Labute approximate surface area is 216 Å². The van der Waals surface area contributed by atoms with Gasteiger partial charge in [0.2, 0.25) is 5.91 Å². The number of anilines is 2. The van der Waals surface area contributed by atoms with Crippen LogP contribution in [0, 0.1) is 5.92 Å². The van der Waals surface area contributed by atoms with Crippen LogP contribution in [-0.2, 0) is 4.79 Å². The van der Waals surface area contributed by atoms with E-state index < -0.39 is 0 Å². The van der Waals surface area contributed by atoms with Gasteiger partial charge >= 0.3 is 0 Å². The first-order valence-electron chi connectivity index (χ1n) is 11.7. The minimum Gasteiger partial charge on any atom is -0.368 e. The molecule has 0 bridgehead atoms. The third kappa shape index (κ3) is 6.10. The number of piperazine rings is 1. The molecule has 0 atom stereocenters. The molecule has 35 heavy (non-hydrogen) atoms. The number of benzene rings is 3. The largest absolute Gasteiger partial charge is 0.368 e. The van der Waals surface area contributed by atoms with Gasteiger partial charge in [0.25, 0.3) is 5.91 Å². The number of fused-ring (bicyclic) bond motifs is 1. The van der Waals surface area contributed by atoms with Crippen LogP contribution in [0.15, 0.2) is 60.7 Å². The van der Waals surface area contributed by atoms with Crippen molar-refractivity contribution >= 4 is 62.9 Å². The molecule has 1 fully saturated rings. The number of hydrogen-bond acceptors (Lipinski definition) is 4. The van der Waals surface area contributed by atoms with E-state index in [4.69, 9.17) is 23.8 Å². The lowest BCUT2D eigenvalue weighted by atomic mass is 10.0. The molecule has 2 N–H and O–H groups in total. The number of nitrogens with one attached hydrogen (secondary N) is 2. The Hall–Kier alpha value is -3.16. The summed E-state index contributed by atoms with van der Waals surface area (Å²) < 4.78 is 0. The molecule has 6 nitrogen and oxygen atoms in total. The monoisotopic (exact) mass is 508 g/mol. The molecule has 0 saturated carbocycles. The standard InChI is InChI=1S/C27H29ClN4O2S/c1-18(2)17-25(33)32-15-13-31(14-16-32)20-11-9-19(10-12-20)29-27(35)30-26(34)23-7-3-6-22-21(23)5-4-8-24(22)28/h3-12,18H,13-17H2,1-2H3,(H2,29,30,34,35). The minimum absolute atomic E-state index is 0.221. The van der Waals surface area contributed by atoms with E-state index in [9.17, 15) is 9.59 Å². The van der Waals surface area contributed by atoms with Gasteiger partial charge in [0, 0.05) is 59.9 Å². The minimum atomic E-state index is -0.295. The van der Waals surface area contributed by atoms with E-state index in [0.717, 1.165) is 48.3 Å². The number of nitrogens with zero attached hydrogens (tertiary/aromatic N) is 2. The zero-order chi connectivity index (χ0) is 24.9. The van der Waals surface area contributed by atoms with E-state index >= 15 is 0 Å². The fraction of sp³-hybridized carbons (Fsp3) is 0.296. The lowest BCUT2D eigenvalue weighted by molar-refractivity contribution is -0.132. The first-order valence-corrected chi connectivity index (χ1v) is 12.5. The lowest BCUT2D eigenvalue weighted by Crippen LogP contribution is -2.49. The molecule has 1 heterocycles. The van der Waals surface area contributed by atoms with E-state index in [0.29, 0.717) is 22.9 Å². The molecule has 0 radical (unpaired) electrons. The van der Waals surface area contributed by atoms with Crippen LogP contribution in [0.5, 0.6) is 0 Å². The number of halogens is 1. The highest BCUT2D eigenvalue weighted by Gasteiger charge is 2.21. The molecule has 1 aliphatic heterocycles. The maximum absolute atomic E-state index is 12.8. The van der Waals surface area contributed by atoms with Crippen LogP contribution in [0.3, 0.4) is 0 Å². The van der Waals surface area contributed by atoms with Crippen molar-refractivity contribution in [1.29, 1.82) is 0 Å². The van der Waals surface area contributed by atoms with Gasteiger partial charge in [-0.3, -0.25) is 14.9 Å². The summed E-state index contributed by atoms with van der Waals surface area (Å²) in [6, 6.07) is 18.8. The molecule has 2 amide bonds. The number of thiocarbonyl (C=S) groups is 1. The van der Waals surface area contributed by atoms with E-state index in [2.05, 4.69) is 29.4 Å². The highest BCUT2D eigenvalue weighted by molar-refractivity contribution is 7.80. The first kappa shape index (κ1) is 24.9. The highest BCUT2D eigenvalue weighted by atomic mass is 35.5. The molecule has 0 aliphatic carbocycles. The smallest absolute Gasteiger partial charge is 0.258 e. The van der Waals surface area contributed by atoms with Crippen molar-refractivity contribution in [2.45, 2.75) is 20.3 Å². The Balaban J connectivity index is 1.32. The van der Waals surface area contributed by atoms with E-state index in [1.807, 2.05) is 47.4 Å². The van der Waals surface area contributed by atoms with Gasteiger partial charge < -0.3 is 15.1 Å². The van der Waals surface area contributed by atoms with E-state index in [1.165, 1.54) is 0 Å². The molecule has 8 heteroatoms. The van der Waals surface area contributed by atoms with Crippen LogP contribution in [0.4, 0.5) is 11.4 Å². The maximum Gasteiger partial charge on any atom is 0.258 e. The molecule has 3 aromatic carbocycles. The van der Waals surface area contributed by atoms with Gasteiger partial charge in [0.05, 0.1) is 0 Å². The number of hydrogen-bond donors (Lipinski definition) is 2. The van der Waals surface area contributed by atoms with E-state index in [1.54, 1.807) is 18.2 Å². The van der Waals surface area contributed by atoms with Gasteiger partial charge in [-0.15, -0.1) is 0 Å². The Morgan fingerprint density at radius 3 is 2.29 bits per heavy atom. The van der Waals surface area contributed by atoms with Crippen LogP contribution in [0.2, 0.25) is 5.02 Å². The molecular formula is C27H29ClN4O2S. The Morgan fingerprint density at radius 1 is 0.943 bits per heavy atom. The number of carbonyl (C=O) groups is 2. The van der Waals surface area contributed by atoms with Crippen LogP contribution >= 0.6 is 23.8 Å². The van der Waals surface area contributed by atoms with Crippen molar-refractivity contribution < 1.29 is 9.59 Å². The maximum atomic E-state index is 12.8. The predicted molar refractivity (Wildman–Crippen MR) is 147 cm³/mol. The molecule has 3 aromatic rings. The van der Waals surface area contributed by atoms with Gasteiger partial charge in [-0.2, -0.15) is 0 Å². The third-order valence-corrected chi connectivity index (χ3v) is 6.58. The number of rotatable bonds is 5. The molecule has 1 aliphatic rings. The summed E-state index contributed by atoms with van der Waals surface area (Å²) in [5.41, 5.74) is 2.38. The zero-order valence-corrected chi connectivity index (χ0v) is 21.5. The molecule has 0 spiro atoms. The van der Waals surface area contributed by atoms with Crippen molar-refractivity contribution in [3.8, 4) is 0 Å². The molecule has 4 rings (SSSR count). The average Bonchev–Trinajstić information content (AvgIpc) is 2.84. The van der Waals surface area contributed by atoms with Crippen LogP contribution in [0.1, 0.15) is 30.6 Å². The van der Waals surface area contributed by atoms with Crippen molar-refractivity contribution in [3.05, 3.63) is 71.2 Å². The highest BCUT2D eigenvalue weighted by Crippen LogP contribution is 2.26. The first-order chi connectivity index (χ1) is 16.8. The molecule has 0 aromatic heterocycles. The van der Waals surface area contributed by atoms with Crippen molar-refractivity contribution in [2.24, 2.45) is 5.92 Å². The Kier molecular flexibility index (Phi) is 7.88. The average molecular weight is 509 g/mol. The van der Waals surface area contributed by atoms with Gasteiger partial charge in [-0.05, 0) is 59.9 Å². The quantitative estimate of drug-likeness (QED) is 0.457. The van der Waals surface area contributed by atoms with Crippen molar-refractivity contribution in [3.63, 3.8) is 0 Å². The second kappa shape index (κ2) is 11.1. The van der Waals surface area contributed by atoms with Gasteiger partial charge in [-0.1, -0.05) is 49.7 Å². The summed E-state index contributed by atoms with van der Waals surface area (Å²) in [6.45, 7) is 7.23. The second-order valence-corrected chi connectivity index (χ2v) is 9.88. The van der Waals surface area contributed by atoms with Gasteiger partial charge in [0.15, 0.2) is 5.11 Å². The van der Waals surface area contributed by atoms with E-state index in [-0.39, 0.29) is 16.9 Å². The molecular weight excluding hydrogens is 480 g/mol. The fourth-order valence-electron chi connectivity index (χ4n) is 4.25. The summed E-state index contributed by atoms with van der Waals surface area (Å²) in [5, 5.41) is 8.24. The van der Waals surface area contributed by atoms with Crippen LogP contribution in [-0.4, -0.2) is 48.0 Å². The zero-order valence-electron chi connectivity index (χ0n) is 19.9. The second-order valence-electron chi connectivity index (χ2n) is 9.06. The summed E-state index contributed by atoms with van der Waals surface area (Å²) in [4.78, 5) is 29.4. The molecule has 1 saturated heterocycles.